The van der Waals surface area contributed by atoms with Gasteiger partial charge in [0.15, 0.2) is 11.6 Å². The highest BCUT2D eigenvalue weighted by molar-refractivity contribution is 7.84. The maximum absolute atomic E-state index is 11.8. The molecule has 3 aliphatic rings. The van der Waals surface area contributed by atoms with Crippen molar-refractivity contribution in [1.82, 2.24) is 4.72 Å². The van der Waals surface area contributed by atoms with Gasteiger partial charge in [-0.3, -0.25) is 4.18 Å². The standard InChI is InChI=1S/C14H25NO8S/c1-6-15-24(16,17)19-8-14-11(22-13(4,5)23-14)10-9(7-18-14)20-12(2,3)21-10/h9-11,15H,6-8H2,1-5H3/t9-,10-,11+,14+/m1/s1. The smallest absolute Gasteiger partial charge is 0.336 e. The maximum atomic E-state index is 11.8. The first-order valence-corrected chi connectivity index (χ1v) is 9.40. The molecule has 3 fully saturated rings. The number of hydrogen-bond acceptors (Lipinski definition) is 8. The van der Waals surface area contributed by atoms with E-state index in [4.69, 9.17) is 27.9 Å². The highest BCUT2D eigenvalue weighted by atomic mass is 32.2. The molecule has 3 aliphatic heterocycles. The van der Waals surface area contributed by atoms with Crippen LogP contribution in [0.4, 0.5) is 0 Å². The van der Waals surface area contributed by atoms with Gasteiger partial charge in [0.1, 0.15) is 24.9 Å². The van der Waals surface area contributed by atoms with Crippen LogP contribution in [0.25, 0.3) is 0 Å². The van der Waals surface area contributed by atoms with Crippen molar-refractivity contribution in [2.75, 3.05) is 19.8 Å². The molecule has 4 atom stereocenters. The third kappa shape index (κ3) is 3.47. The zero-order valence-electron chi connectivity index (χ0n) is 14.5. The minimum absolute atomic E-state index is 0.189. The second kappa shape index (κ2) is 5.85. The Hall–Kier alpha value is -0.330. The van der Waals surface area contributed by atoms with E-state index in [-0.39, 0.29) is 25.9 Å². The van der Waals surface area contributed by atoms with Gasteiger partial charge in [0.05, 0.1) is 6.61 Å². The van der Waals surface area contributed by atoms with E-state index in [1.807, 2.05) is 0 Å². The van der Waals surface area contributed by atoms with Crippen LogP contribution < -0.4 is 4.72 Å². The molecule has 3 rings (SSSR count). The van der Waals surface area contributed by atoms with Crippen LogP contribution >= 0.6 is 0 Å². The minimum Gasteiger partial charge on any atom is -0.343 e. The summed E-state index contributed by atoms with van der Waals surface area (Å²) in [6.07, 6.45) is -1.44. The van der Waals surface area contributed by atoms with Crippen molar-refractivity contribution in [2.45, 2.75) is 70.3 Å². The van der Waals surface area contributed by atoms with Gasteiger partial charge >= 0.3 is 10.3 Å². The third-order valence-electron chi connectivity index (χ3n) is 4.01. The van der Waals surface area contributed by atoms with E-state index >= 15 is 0 Å². The zero-order chi connectivity index (χ0) is 17.8. The predicted molar refractivity (Wildman–Crippen MR) is 81.1 cm³/mol. The molecule has 0 aromatic rings. The number of ether oxygens (including phenoxy) is 5. The zero-order valence-corrected chi connectivity index (χ0v) is 15.3. The van der Waals surface area contributed by atoms with Crippen LogP contribution in [0.2, 0.25) is 0 Å². The molecule has 0 unspecified atom stereocenters. The summed E-state index contributed by atoms with van der Waals surface area (Å²) in [5, 5.41) is 0. The summed E-state index contributed by atoms with van der Waals surface area (Å²) < 4.78 is 60.3. The summed E-state index contributed by atoms with van der Waals surface area (Å²) in [7, 11) is -3.89. The summed E-state index contributed by atoms with van der Waals surface area (Å²) >= 11 is 0. The predicted octanol–water partition coefficient (Wildman–Crippen LogP) is 0.255. The molecule has 3 heterocycles. The second-order valence-corrected chi connectivity index (χ2v) is 8.45. The topological polar surface area (TPSA) is 102 Å². The van der Waals surface area contributed by atoms with E-state index in [0.29, 0.717) is 0 Å². The Kier molecular flexibility index (Phi) is 4.50. The van der Waals surface area contributed by atoms with Crippen LogP contribution in [-0.2, 0) is 38.2 Å². The number of nitrogens with one attached hydrogen (secondary N) is 1. The summed E-state index contributed by atoms with van der Waals surface area (Å²) in [6, 6.07) is 0. The van der Waals surface area contributed by atoms with Crippen molar-refractivity contribution < 1.29 is 36.3 Å². The van der Waals surface area contributed by atoms with Crippen LogP contribution in [0, 0.1) is 0 Å². The maximum Gasteiger partial charge on any atom is 0.336 e. The van der Waals surface area contributed by atoms with Crippen LogP contribution in [-0.4, -0.2) is 63.8 Å². The molecular weight excluding hydrogens is 342 g/mol. The van der Waals surface area contributed by atoms with E-state index in [1.165, 1.54) is 0 Å². The molecule has 9 nitrogen and oxygen atoms in total. The Morgan fingerprint density at radius 3 is 2.50 bits per heavy atom. The molecule has 10 heteroatoms. The normalized spacial score (nSPS) is 40.3. The largest absolute Gasteiger partial charge is 0.343 e. The van der Waals surface area contributed by atoms with Gasteiger partial charge in [0.2, 0.25) is 5.79 Å². The SMILES string of the molecule is CCNS(=O)(=O)OC[C@@]12OC[C@H]3OC(C)(C)O[C@H]3[C@@H]1OC(C)(C)O2. The molecular formula is C14H25NO8S. The Bertz CT molecular complexity index is 592. The first-order valence-electron chi connectivity index (χ1n) is 7.99. The van der Waals surface area contributed by atoms with Crippen molar-refractivity contribution in [3.8, 4) is 0 Å². The molecule has 0 aliphatic carbocycles. The van der Waals surface area contributed by atoms with Crippen molar-refractivity contribution in [3.05, 3.63) is 0 Å². The van der Waals surface area contributed by atoms with E-state index in [9.17, 15) is 8.42 Å². The van der Waals surface area contributed by atoms with Crippen LogP contribution in [0.5, 0.6) is 0 Å². The van der Waals surface area contributed by atoms with E-state index in [0.717, 1.165) is 0 Å². The highest BCUT2D eigenvalue weighted by Crippen LogP contribution is 2.47. The summed E-state index contributed by atoms with van der Waals surface area (Å²) in [5.74, 6) is -3.13. The molecule has 140 valence electrons. The number of rotatable bonds is 5. The van der Waals surface area contributed by atoms with E-state index < -0.39 is 39.9 Å². The van der Waals surface area contributed by atoms with Gasteiger partial charge in [-0.2, -0.15) is 13.1 Å². The van der Waals surface area contributed by atoms with Crippen molar-refractivity contribution in [3.63, 3.8) is 0 Å². The first-order chi connectivity index (χ1) is 11.0. The monoisotopic (exact) mass is 367 g/mol. The molecule has 0 aromatic carbocycles. The van der Waals surface area contributed by atoms with Crippen LogP contribution in [0.1, 0.15) is 34.6 Å². The van der Waals surface area contributed by atoms with Crippen molar-refractivity contribution in [1.29, 1.82) is 0 Å². The van der Waals surface area contributed by atoms with Gasteiger partial charge in [-0.1, -0.05) is 6.92 Å². The molecule has 0 aromatic heterocycles. The molecule has 24 heavy (non-hydrogen) atoms. The van der Waals surface area contributed by atoms with E-state index in [2.05, 4.69) is 4.72 Å². The minimum atomic E-state index is -3.89. The van der Waals surface area contributed by atoms with Gasteiger partial charge in [0, 0.05) is 6.54 Å². The average molecular weight is 367 g/mol. The van der Waals surface area contributed by atoms with Crippen molar-refractivity contribution in [2.24, 2.45) is 0 Å². The van der Waals surface area contributed by atoms with Gasteiger partial charge in [-0.25, -0.2) is 0 Å². The van der Waals surface area contributed by atoms with Gasteiger partial charge < -0.3 is 23.7 Å². The number of fused-ring (bicyclic) bond motifs is 3. The highest BCUT2D eigenvalue weighted by Gasteiger charge is 2.65. The Balaban J connectivity index is 1.82. The lowest BCUT2D eigenvalue weighted by Gasteiger charge is -2.40. The number of hydrogen-bond donors (Lipinski definition) is 1. The second-order valence-electron chi connectivity index (χ2n) is 7.02. The molecule has 0 saturated carbocycles. The summed E-state index contributed by atoms with van der Waals surface area (Å²) in [6.45, 7) is 8.79. The van der Waals surface area contributed by atoms with Crippen LogP contribution in [0.15, 0.2) is 0 Å². The Morgan fingerprint density at radius 2 is 1.83 bits per heavy atom. The van der Waals surface area contributed by atoms with Crippen molar-refractivity contribution >= 4 is 10.3 Å². The lowest BCUT2D eigenvalue weighted by molar-refractivity contribution is -0.290. The lowest BCUT2D eigenvalue weighted by Crippen LogP contribution is -2.60. The van der Waals surface area contributed by atoms with Gasteiger partial charge in [-0.15, -0.1) is 0 Å². The molecule has 3 saturated heterocycles. The fraction of sp³-hybridized carbons (Fsp3) is 1.00. The van der Waals surface area contributed by atoms with E-state index in [1.54, 1.807) is 34.6 Å². The van der Waals surface area contributed by atoms with Crippen LogP contribution in [0.3, 0.4) is 0 Å². The molecule has 0 bridgehead atoms. The summed E-state index contributed by atoms with van der Waals surface area (Å²) in [4.78, 5) is 0. The molecule has 0 radical (unpaired) electrons. The fourth-order valence-electron chi connectivity index (χ4n) is 3.33. The molecule has 0 spiro atoms. The Morgan fingerprint density at radius 1 is 1.12 bits per heavy atom. The first kappa shape index (κ1) is 18.5. The molecule has 0 amide bonds. The fourth-order valence-corrected chi connectivity index (χ4v) is 4.08. The summed E-state index contributed by atoms with van der Waals surface area (Å²) in [5.41, 5.74) is 0. The molecule has 1 N–H and O–H groups in total. The van der Waals surface area contributed by atoms with Gasteiger partial charge in [-0.05, 0) is 27.7 Å². The third-order valence-corrected chi connectivity index (χ3v) is 5.08. The van der Waals surface area contributed by atoms with Gasteiger partial charge in [0.25, 0.3) is 0 Å². The Labute approximate surface area is 142 Å². The average Bonchev–Trinajstić information content (AvgIpc) is 2.88. The lowest BCUT2D eigenvalue weighted by atomic mass is 9.98. The quantitative estimate of drug-likeness (QED) is 0.738.